The Morgan fingerprint density at radius 2 is 2.17 bits per heavy atom. The number of fused-ring (bicyclic) bond motifs is 1. The highest BCUT2D eigenvalue weighted by Gasteiger charge is 2.36. The highest BCUT2D eigenvalue weighted by molar-refractivity contribution is 6.32. The van der Waals surface area contributed by atoms with Crippen LogP contribution in [0.3, 0.4) is 0 Å². The van der Waals surface area contributed by atoms with E-state index >= 15 is 0 Å². The molecule has 23 heavy (non-hydrogen) atoms. The maximum atomic E-state index is 13.3. The van der Waals surface area contributed by atoms with Crippen LogP contribution in [0.5, 0.6) is 0 Å². The van der Waals surface area contributed by atoms with Crippen molar-refractivity contribution in [3.63, 3.8) is 0 Å². The number of methoxy groups -OCH3 is 1. The van der Waals surface area contributed by atoms with Crippen LogP contribution in [0, 0.1) is 0 Å². The largest absolute Gasteiger partial charge is 0.464 e. The molecular formula is C15H8ClF3N2O2. The topological polar surface area (TPSA) is 43.6 Å². The fraction of sp³-hybridized carbons (Fsp3) is 0.133. The zero-order valence-corrected chi connectivity index (χ0v) is 12.4. The summed E-state index contributed by atoms with van der Waals surface area (Å²) in [6.07, 6.45) is 1.57. The number of allylic oxidation sites excluding steroid dienone is 3. The fourth-order valence-electron chi connectivity index (χ4n) is 2.21. The first-order chi connectivity index (χ1) is 10.8. The number of carbonyl (C=O) groups excluding carboxylic acids is 1. The maximum Gasteiger partial charge on any atom is 0.420 e. The number of pyridine rings is 1. The lowest BCUT2D eigenvalue weighted by Gasteiger charge is -2.11. The number of carbonyl (C=O) groups is 1. The third kappa shape index (κ3) is 2.54. The SMILES string of the molecule is COC(=O)c1nc2c(C(F)(F)F)cc(C3=C=CC=C3)cn2c1Cl. The van der Waals surface area contributed by atoms with E-state index in [1.54, 1.807) is 18.2 Å². The summed E-state index contributed by atoms with van der Waals surface area (Å²) in [6.45, 7) is 0. The minimum atomic E-state index is -4.66. The van der Waals surface area contributed by atoms with Crippen molar-refractivity contribution in [2.75, 3.05) is 7.11 Å². The van der Waals surface area contributed by atoms with Gasteiger partial charge >= 0.3 is 12.1 Å². The predicted octanol–water partition coefficient (Wildman–Crippen LogP) is 3.90. The van der Waals surface area contributed by atoms with Gasteiger partial charge < -0.3 is 4.74 Å². The molecule has 1 aliphatic rings. The average molecular weight is 341 g/mol. The predicted molar refractivity (Wildman–Crippen MR) is 77.2 cm³/mol. The number of hydrogen-bond acceptors (Lipinski definition) is 3. The van der Waals surface area contributed by atoms with E-state index in [-0.39, 0.29) is 16.4 Å². The van der Waals surface area contributed by atoms with E-state index in [0.29, 0.717) is 5.57 Å². The van der Waals surface area contributed by atoms with Gasteiger partial charge in [0.2, 0.25) is 0 Å². The van der Waals surface area contributed by atoms with E-state index in [4.69, 9.17) is 11.6 Å². The second-order valence-corrected chi connectivity index (χ2v) is 5.02. The van der Waals surface area contributed by atoms with E-state index in [1.807, 2.05) is 0 Å². The van der Waals surface area contributed by atoms with Crippen LogP contribution >= 0.6 is 11.6 Å². The molecule has 0 N–H and O–H groups in total. The van der Waals surface area contributed by atoms with Gasteiger partial charge in [0, 0.05) is 17.3 Å². The molecule has 0 spiro atoms. The summed E-state index contributed by atoms with van der Waals surface area (Å²) in [5.74, 6) is -0.909. The van der Waals surface area contributed by atoms with Crippen LogP contribution in [0.25, 0.3) is 11.2 Å². The minimum Gasteiger partial charge on any atom is -0.464 e. The van der Waals surface area contributed by atoms with Crippen LogP contribution in [0.4, 0.5) is 13.2 Å². The number of aromatic nitrogens is 2. The standard InChI is InChI=1S/C15H8ClF3N2O2/c1-23-14(22)11-12(16)21-7-9(8-4-2-3-5-8)6-10(13(21)20-11)15(17,18)19/h2-4,6-7H,1H3. The lowest BCUT2D eigenvalue weighted by atomic mass is 10.1. The van der Waals surface area contributed by atoms with Gasteiger partial charge in [-0.15, -0.1) is 5.73 Å². The van der Waals surface area contributed by atoms with Gasteiger partial charge in [-0.1, -0.05) is 17.7 Å². The number of nitrogens with zero attached hydrogens (tertiary/aromatic N) is 2. The number of alkyl halides is 3. The highest BCUT2D eigenvalue weighted by atomic mass is 35.5. The van der Waals surface area contributed by atoms with Crippen LogP contribution in [-0.4, -0.2) is 22.5 Å². The second kappa shape index (κ2) is 5.30. The number of ether oxygens (including phenoxy) is 1. The summed E-state index contributed by atoms with van der Waals surface area (Å²) < 4.78 is 45.5. The smallest absolute Gasteiger partial charge is 0.420 e. The fourth-order valence-corrected chi connectivity index (χ4v) is 2.46. The van der Waals surface area contributed by atoms with Crippen LogP contribution in [0.1, 0.15) is 21.6 Å². The second-order valence-electron chi connectivity index (χ2n) is 4.66. The minimum absolute atomic E-state index is 0.245. The quantitative estimate of drug-likeness (QED) is 0.615. The summed E-state index contributed by atoms with van der Waals surface area (Å²) in [6, 6.07) is 0.950. The molecule has 0 saturated heterocycles. The van der Waals surface area contributed by atoms with E-state index in [0.717, 1.165) is 17.6 Å². The molecule has 1 aliphatic carbocycles. The molecule has 0 radical (unpaired) electrons. The summed E-state index contributed by atoms with van der Waals surface area (Å²) in [7, 11) is 1.09. The first kappa shape index (κ1) is 15.4. The van der Waals surface area contributed by atoms with Gasteiger partial charge in [-0.2, -0.15) is 13.2 Å². The van der Waals surface area contributed by atoms with Gasteiger partial charge in [0.15, 0.2) is 11.3 Å². The van der Waals surface area contributed by atoms with Gasteiger partial charge in [-0.25, -0.2) is 9.78 Å². The van der Waals surface area contributed by atoms with Crippen molar-refractivity contribution in [2.45, 2.75) is 6.18 Å². The average Bonchev–Trinajstić information content (AvgIpc) is 3.13. The summed E-state index contributed by atoms with van der Waals surface area (Å²) >= 11 is 6.01. The maximum absolute atomic E-state index is 13.3. The number of halogens is 4. The Kier molecular flexibility index (Phi) is 3.55. The van der Waals surface area contributed by atoms with Crippen molar-refractivity contribution in [1.29, 1.82) is 0 Å². The number of rotatable bonds is 2. The van der Waals surface area contributed by atoms with Crippen LogP contribution in [0.2, 0.25) is 5.15 Å². The van der Waals surface area contributed by atoms with Crippen molar-refractivity contribution in [3.05, 3.63) is 58.2 Å². The molecule has 8 heteroatoms. The molecule has 118 valence electrons. The number of hydrogen-bond donors (Lipinski definition) is 0. The molecule has 0 aromatic carbocycles. The molecule has 2 aromatic heterocycles. The monoisotopic (exact) mass is 340 g/mol. The van der Waals surface area contributed by atoms with Gasteiger partial charge in [-0.05, 0) is 18.2 Å². The first-order valence-corrected chi connectivity index (χ1v) is 6.71. The Morgan fingerprint density at radius 3 is 2.74 bits per heavy atom. The van der Waals surface area contributed by atoms with E-state index in [9.17, 15) is 18.0 Å². The highest BCUT2D eigenvalue weighted by Crippen LogP contribution is 2.36. The molecule has 2 heterocycles. The molecule has 0 atom stereocenters. The van der Waals surface area contributed by atoms with E-state index in [1.165, 1.54) is 6.20 Å². The Labute approximate surface area is 133 Å². The Hall–Kier alpha value is -2.50. The molecule has 0 aliphatic heterocycles. The molecule has 0 fully saturated rings. The Bertz CT molecular complexity index is 919. The molecule has 0 amide bonds. The van der Waals surface area contributed by atoms with Gasteiger partial charge in [0.1, 0.15) is 5.15 Å². The third-order valence-electron chi connectivity index (χ3n) is 3.25. The van der Waals surface area contributed by atoms with Crippen LogP contribution < -0.4 is 0 Å². The van der Waals surface area contributed by atoms with Crippen molar-refractivity contribution in [3.8, 4) is 0 Å². The zero-order valence-electron chi connectivity index (χ0n) is 11.6. The summed E-state index contributed by atoms with van der Waals surface area (Å²) in [4.78, 5) is 15.3. The van der Waals surface area contributed by atoms with Crippen molar-refractivity contribution >= 4 is 28.8 Å². The Balaban J connectivity index is 2.35. The van der Waals surface area contributed by atoms with Gasteiger partial charge in [0.05, 0.1) is 12.7 Å². The molecule has 4 nitrogen and oxygen atoms in total. The lowest BCUT2D eigenvalue weighted by molar-refractivity contribution is -0.136. The van der Waals surface area contributed by atoms with E-state index in [2.05, 4.69) is 15.5 Å². The molecule has 0 unspecified atom stereocenters. The number of esters is 1. The first-order valence-electron chi connectivity index (χ1n) is 6.34. The van der Waals surface area contributed by atoms with Crippen molar-refractivity contribution in [1.82, 2.24) is 9.38 Å². The normalized spacial score (nSPS) is 13.7. The zero-order chi connectivity index (χ0) is 16.8. The van der Waals surface area contributed by atoms with Crippen LogP contribution in [0.15, 0.2) is 36.2 Å². The van der Waals surface area contributed by atoms with Crippen molar-refractivity contribution in [2.24, 2.45) is 0 Å². The lowest BCUT2D eigenvalue weighted by Crippen LogP contribution is -2.09. The van der Waals surface area contributed by atoms with Gasteiger partial charge in [0.25, 0.3) is 0 Å². The summed E-state index contributed by atoms with van der Waals surface area (Å²) in [5, 5.41) is -0.245. The molecule has 0 bridgehead atoms. The molecular weight excluding hydrogens is 333 g/mol. The number of imidazole rings is 1. The third-order valence-corrected chi connectivity index (χ3v) is 3.62. The van der Waals surface area contributed by atoms with Gasteiger partial charge in [-0.3, -0.25) is 4.40 Å². The van der Waals surface area contributed by atoms with Crippen LogP contribution in [-0.2, 0) is 10.9 Å². The van der Waals surface area contributed by atoms with E-state index < -0.39 is 23.4 Å². The molecule has 2 aromatic rings. The molecule has 3 rings (SSSR count). The molecule has 0 saturated carbocycles. The van der Waals surface area contributed by atoms with Crippen molar-refractivity contribution < 1.29 is 22.7 Å². The summed E-state index contributed by atoms with van der Waals surface area (Å²) in [5.41, 5.74) is 1.72. The Morgan fingerprint density at radius 1 is 1.43 bits per heavy atom.